The topological polar surface area (TPSA) is 13.1 Å². The van der Waals surface area contributed by atoms with E-state index in [2.05, 4.69) is 18.7 Å². The Morgan fingerprint density at radius 3 is 2.46 bits per heavy atom. The second-order valence-corrected chi connectivity index (χ2v) is 2.81. The zero-order valence-corrected chi connectivity index (χ0v) is 7.23. The molecule has 13 heavy (non-hydrogen) atoms. The monoisotopic (exact) mass is 170 g/mol. The van der Waals surface area contributed by atoms with Crippen molar-refractivity contribution in [2.24, 2.45) is 0 Å². The first-order chi connectivity index (χ1) is 6.40. The van der Waals surface area contributed by atoms with Crippen molar-refractivity contribution in [1.82, 2.24) is 0 Å². The van der Waals surface area contributed by atoms with Crippen LogP contribution in [0.2, 0.25) is 0 Å². The normalized spacial score (nSPS) is 9.85. The molecule has 0 aliphatic rings. The largest absolute Gasteiger partial charge is 0.464 e. The predicted molar refractivity (Wildman–Crippen MR) is 54.2 cm³/mol. The molecule has 0 saturated heterocycles. The molecular weight excluding hydrogens is 160 g/mol. The molecular formula is C12H10O. The van der Waals surface area contributed by atoms with Gasteiger partial charge in [0.2, 0.25) is 0 Å². The van der Waals surface area contributed by atoms with Gasteiger partial charge in [-0.3, -0.25) is 0 Å². The van der Waals surface area contributed by atoms with Crippen molar-refractivity contribution in [3.05, 3.63) is 55.0 Å². The van der Waals surface area contributed by atoms with Gasteiger partial charge in [-0.2, -0.15) is 0 Å². The Morgan fingerprint density at radius 1 is 1.08 bits per heavy atom. The first kappa shape index (κ1) is 7.87. The number of furan rings is 1. The summed E-state index contributed by atoms with van der Waals surface area (Å²) in [5, 5.41) is 0. The smallest absolute Gasteiger partial charge is 0.126 e. The zero-order valence-electron chi connectivity index (χ0n) is 7.23. The first-order valence-electron chi connectivity index (χ1n) is 4.16. The van der Waals surface area contributed by atoms with Gasteiger partial charge < -0.3 is 4.42 Å². The van der Waals surface area contributed by atoms with E-state index in [1.54, 1.807) is 12.3 Å². The van der Waals surface area contributed by atoms with Gasteiger partial charge in [-0.15, -0.1) is 0 Å². The van der Waals surface area contributed by atoms with Crippen LogP contribution in [0.4, 0.5) is 0 Å². The molecule has 0 aliphatic heterocycles. The van der Waals surface area contributed by atoms with Crippen LogP contribution in [0, 0.1) is 0 Å². The lowest BCUT2D eigenvalue weighted by Gasteiger charge is -1.92. The van der Waals surface area contributed by atoms with Gasteiger partial charge in [0.25, 0.3) is 0 Å². The number of benzene rings is 1. The van der Waals surface area contributed by atoms with Gasteiger partial charge in [0.1, 0.15) is 5.76 Å². The highest BCUT2D eigenvalue weighted by atomic mass is 16.3. The molecule has 0 radical (unpaired) electrons. The van der Waals surface area contributed by atoms with E-state index >= 15 is 0 Å². The summed E-state index contributed by atoms with van der Waals surface area (Å²) in [6, 6.07) is 12.1. The van der Waals surface area contributed by atoms with Crippen molar-refractivity contribution in [1.29, 1.82) is 0 Å². The third-order valence-electron chi connectivity index (χ3n) is 1.93. The lowest BCUT2D eigenvalue weighted by Crippen LogP contribution is -1.69. The maximum absolute atomic E-state index is 5.25. The lowest BCUT2D eigenvalue weighted by atomic mass is 10.1. The molecule has 0 bridgehead atoms. The molecule has 1 nitrogen and oxygen atoms in total. The molecule has 0 unspecified atom stereocenters. The quantitative estimate of drug-likeness (QED) is 0.671. The van der Waals surface area contributed by atoms with Gasteiger partial charge >= 0.3 is 0 Å². The van der Waals surface area contributed by atoms with E-state index in [-0.39, 0.29) is 0 Å². The molecule has 0 amide bonds. The van der Waals surface area contributed by atoms with Crippen molar-refractivity contribution >= 4 is 6.08 Å². The molecule has 0 aliphatic carbocycles. The minimum Gasteiger partial charge on any atom is -0.464 e. The van der Waals surface area contributed by atoms with Crippen molar-refractivity contribution in [3.63, 3.8) is 0 Å². The van der Waals surface area contributed by atoms with E-state index in [1.807, 2.05) is 24.3 Å². The number of hydrogen-bond donors (Lipinski definition) is 0. The minimum absolute atomic E-state index is 0.804. The maximum Gasteiger partial charge on any atom is 0.126 e. The van der Waals surface area contributed by atoms with Crippen LogP contribution in [-0.2, 0) is 0 Å². The molecule has 0 spiro atoms. The van der Waals surface area contributed by atoms with Crippen LogP contribution in [0.25, 0.3) is 17.2 Å². The maximum atomic E-state index is 5.25. The van der Waals surface area contributed by atoms with E-state index in [1.165, 1.54) is 5.56 Å². The van der Waals surface area contributed by atoms with Gasteiger partial charge in [-0.05, 0) is 17.7 Å². The molecule has 0 atom stereocenters. The fourth-order valence-electron chi connectivity index (χ4n) is 1.24. The van der Waals surface area contributed by atoms with Crippen molar-refractivity contribution in [3.8, 4) is 11.1 Å². The van der Waals surface area contributed by atoms with E-state index < -0.39 is 0 Å². The van der Waals surface area contributed by atoms with Gasteiger partial charge in [0.15, 0.2) is 0 Å². The molecule has 1 aromatic heterocycles. The minimum atomic E-state index is 0.804. The van der Waals surface area contributed by atoms with Crippen LogP contribution in [0.3, 0.4) is 0 Å². The van der Waals surface area contributed by atoms with E-state index in [0.717, 1.165) is 11.3 Å². The average Bonchev–Trinajstić information content (AvgIpc) is 2.67. The fraction of sp³-hybridized carbons (Fsp3) is 0. The molecule has 1 aromatic carbocycles. The summed E-state index contributed by atoms with van der Waals surface area (Å²) in [5.41, 5.74) is 2.26. The lowest BCUT2D eigenvalue weighted by molar-refractivity contribution is 0.558. The second-order valence-electron chi connectivity index (χ2n) is 2.81. The Bertz CT molecular complexity index is 398. The van der Waals surface area contributed by atoms with E-state index in [0.29, 0.717) is 0 Å². The van der Waals surface area contributed by atoms with E-state index in [9.17, 15) is 0 Å². The van der Waals surface area contributed by atoms with Crippen molar-refractivity contribution in [2.75, 3.05) is 0 Å². The second kappa shape index (κ2) is 3.31. The molecule has 1 heterocycles. The van der Waals surface area contributed by atoms with Crippen molar-refractivity contribution in [2.45, 2.75) is 0 Å². The third-order valence-corrected chi connectivity index (χ3v) is 1.93. The highest BCUT2D eigenvalue weighted by Gasteiger charge is 1.99. The fourth-order valence-corrected chi connectivity index (χ4v) is 1.24. The summed E-state index contributed by atoms with van der Waals surface area (Å²) in [6.07, 6.45) is 3.44. The van der Waals surface area contributed by atoms with E-state index in [4.69, 9.17) is 4.42 Å². The van der Waals surface area contributed by atoms with Crippen LogP contribution in [0.15, 0.2) is 53.7 Å². The molecule has 1 heteroatoms. The third kappa shape index (κ3) is 1.54. The van der Waals surface area contributed by atoms with Crippen molar-refractivity contribution < 1.29 is 4.42 Å². The molecule has 2 rings (SSSR count). The number of hydrogen-bond acceptors (Lipinski definition) is 1. The average molecular weight is 170 g/mol. The van der Waals surface area contributed by atoms with Crippen LogP contribution in [0.5, 0.6) is 0 Å². The Labute approximate surface area is 77.3 Å². The Hall–Kier alpha value is -1.76. The highest BCUT2D eigenvalue weighted by molar-refractivity contribution is 5.64. The summed E-state index contributed by atoms with van der Waals surface area (Å²) >= 11 is 0. The molecule has 0 N–H and O–H groups in total. The van der Waals surface area contributed by atoms with Gasteiger partial charge in [-0.1, -0.05) is 36.9 Å². The highest BCUT2D eigenvalue weighted by Crippen LogP contribution is 2.21. The molecule has 0 saturated carbocycles. The van der Waals surface area contributed by atoms with Gasteiger partial charge in [0.05, 0.1) is 6.26 Å². The summed E-state index contributed by atoms with van der Waals surface area (Å²) in [4.78, 5) is 0. The summed E-state index contributed by atoms with van der Waals surface area (Å²) in [6.45, 7) is 3.64. The molecule has 0 fully saturated rings. The van der Waals surface area contributed by atoms with Gasteiger partial charge in [-0.25, -0.2) is 0 Å². The molecule has 2 aromatic rings. The first-order valence-corrected chi connectivity index (χ1v) is 4.16. The summed E-state index contributed by atoms with van der Waals surface area (Å²) in [5.74, 6) is 0.804. The Kier molecular flexibility index (Phi) is 2.01. The predicted octanol–water partition coefficient (Wildman–Crippen LogP) is 3.59. The van der Waals surface area contributed by atoms with Crippen LogP contribution in [0.1, 0.15) is 5.76 Å². The van der Waals surface area contributed by atoms with Crippen LogP contribution >= 0.6 is 0 Å². The Balaban J connectivity index is 2.41. The summed E-state index contributed by atoms with van der Waals surface area (Å²) in [7, 11) is 0. The van der Waals surface area contributed by atoms with Gasteiger partial charge in [0, 0.05) is 5.56 Å². The number of rotatable bonds is 2. The Morgan fingerprint density at radius 2 is 1.85 bits per heavy atom. The zero-order chi connectivity index (χ0) is 9.10. The molecule has 64 valence electrons. The van der Waals surface area contributed by atoms with Crippen LogP contribution in [-0.4, -0.2) is 0 Å². The van der Waals surface area contributed by atoms with Crippen LogP contribution < -0.4 is 0 Å². The summed E-state index contributed by atoms with van der Waals surface area (Å²) < 4.78 is 5.25. The standard InChI is InChI=1S/C12H10O/c1-2-12-8-11(9-13-12)10-6-4-3-5-7-10/h2-9H,1H2. The SMILES string of the molecule is C=Cc1cc(-c2ccccc2)co1.